The van der Waals surface area contributed by atoms with E-state index in [1.165, 1.54) is 50.8 Å². The van der Waals surface area contributed by atoms with E-state index in [9.17, 15) is 4.79 Å². The van der Waals surface area contributed by atoms with Crippen LogP contribution in [-0.2, 0) is 4.79 Å². The van der Waals surface area contributed by atoms with Crippen molar-refractivity contribution in [3.63, 3.8) is 0 Å². The van der Waals surface area contributed by atoms with Crippen LogP contribution in [0.3, 0.4) is 0 Å². The van der Waals surface area contributed by atoms with Gasteiger partial charge in [0.1, 0.15) is 0 Å². The first kappa shape index (κ1) is 18.5. The van der Waals surface area contributed by atoms with Crippen LogP contribution in [0, 0.1) is 0 Å². The maximum atomic E-state index is 11.8. The van der Waals surface area contributed by atoms with Crippen molar-refractivity contribution < 1.29 is 4.79 Å². The Balaban J connectivity index is 1.42. The van der Waals surface area contributed by atoms with E-state index < -0.39 is 0 Å². The van der Waals surface area contributed by atoms with Crippen molar-refractivity contribution in [2.24, 2.45) is 0 Å². The first-order valence-electron chi connectivity index (χ1n) is 9.05. The molecule has 2 unspecified atom stereocenters. The summed E-state index contributed by atoms with van der Waals surface area (Å²) in [6.45, 7) is 5.56. The first-order valence-corrected chi connectivity index (χ1v) is 11.4. The second-order valence-corrected chi connectivity index (χ2v) is 9.45. The largest absolute Gasteiger partial charge is 0.356 e. The molecule has 3 nitrogen and oxygen atoms in total. The molecule has 2 aliphatic heterocycles. The SMILES string of the molecule is CC1CCCCN1CCCNC(=O)CCCCC1CCSS1. The van der Waals surface area contributed by atoms with E-state index in [2.05, 4.69) is 17.1 Å². The number of hydrogen-bond acceptors (Lipinski definition) is 4. The zero-order valence-corrected chi connectivity index (χ0v) is 15.7. The fraction of sp³-hybridized carbons (Fsp3) is 0.941. The number of nitrogens with zero attached hydrogens (tertiary/aromatic N) is 1. The number of piperidine rings is 1. The summed E-state index contributed by atoms with van der Waals surface area (Å²) in [5, 5.41) is 3.94. The van der Waals surface area contributed by atoms with Gasteiger partial charge in [-0.15, -0.1) is 0 Å². The van der Waals surface area contributed by atoms with Gasteiger partial charge in [-0.1, -0.05) is 34.4 Å². The Morgan fingerprint density at radius 3 is 2.91 bits per heavy atom. The van der Waals surface area contributed by atoms with Gasteiger partial charge in [0.2, 0.25) is 5.91 Å². The molecule has 1 amide bonds. The van der Waals surface area contributed by atoms with Crippen LogP contribution in [0.1, 0.15) is 64.7 Å². The number of nitrogens with one attached hydrogen (secondary N) is 1. The normalized spacial score (nSPS) is 26.2. The van der Waals surface area contributed by atoms with E-state index in [0.29, 0.717) is 6.42 Å². The van der Waals surface area contributed by atoms with Gasteiger partial charge in [0.05, 0.1) is 0 Å². The molecule has 5 heteroatoms. The molecule has 0 spiro atoms. The molecule has 2 aliphatic rings. The molecule has 0 bridgehead atoms. The smallest absolute Gasteiger partial charge is 0.219 e. The molecular weight excluding hydrogens is 312 g/mol. The molecule has 128 valence electrons. The van der Waals surface area contributed by atoms with Gasteiger partial charge in [0.15, 0.2) is 0 Å². The first-order chi connectivity index (χ1) is 10.8. The third-order valence-electron chi connectivity index (χ3n) is 4.79. The predicted octanol–water partition coefficient (Wildman–Crippen LogP) is 4.08. The van der Waals surface area contributed by atoms with Crippen LogP contribution in [0.25, 0.3) is 0 Å². The van der Waals surface area contributed by atoms with E-state index in [0.717, 1.165) is 37.2 Å². The second-order valence-electron chi connectivity index (χ2n) is 6.66. The minimum atomic E-state index is 0.250. The molecule has 0 aromatic carbocycles. The highest BCUT2D eigenvalue weighted by Gasteiger charge is 2.17. The second kappa shape index (κ2) is 10.8. The Morgan fingerprint density at radius 1 is 1.23 bits per heavy atom. The third kappa shape index (κ3) is 7.14. The standard InChI is InChI=1S/C17H32N2OS2/c1-15-7-4-5-12-19(15)13-6-11-18-17(20)9-3-2-8-16-10-14-21-22-16/h15-16H,2-14H2,1H3,(H,18,20). The van der Waals surface area contributed by atoms with Crippen LogP contribution in [0.2, 0.25) is 0 Å². The van der Waals surface area contributed by atoms with Gasteiger partial charge < -0.3 is 10.2 Å². The van der Waals surface area contributed by atoms with Crippen LogP contribution in [0.4, 0.5) is 0 Å². The van der Waals surface area contributed by atoms with Gasteiger partial charge in [-0.05, 0) is 52.0 Å². The summed E-state index contributed by atoms with van der Waals surface area (Å²) in [4.78, 5) is 14.4. The molecule has 0 aromatic rings. The van der Waals surface area contributed by atoms with E-state index in [1.807, 2.05) is 21.6 Å². The van der Waals surface area contributed by atoms with Crippen molar-refractivity contribution >= 4 is 27.5 Å². The fourth-order valence-electron chi connectivity index (χ4n) is 3.31. The fourth-order valence-corrected chi connectivity index (χ4v) is 6.34. The van der Waals surface area contributed by atoms with Crippen LogP contribution >= 0.6 is 21.6 Å². The van der Waals surface area contributed by atoms with E-state index >= 15 is 0 Å². The molecular formula is C17H32N2OS2. The van der Waals surface area contributed by atoms with E-state index in [1.54, 1.807) is 0 Å². The van der Waals surface area contributed by atoms with Gasteiger partial charge in [-0.3, -0.25) is 4.79 Å². The maximum Gasteiger partial charge on any atom is 0.219 e. The van der Waals surface area contributed by atoms with Gasteiger partial charge in [0, 0.05) is 36.6 Å². The quantitative estimate of drug-likeness (QED) is 0.504. The molecule has 0 radical (unpaired) electrons. The summed E-state index contributed by atoms with van der Waals surface area (Å²) in [7, 11) is 4.05. The Morgan fingerprint density at radius 2 is 2.14 bits per heavy atom. The number of rotatable bonds is 9. The molecule has 2 atom stereocenters. The lowest BCUT2D eigenvalue weighted by atomic mass is 10.0. The minimum absolute atomic E-state index is 0.250. The zero-order chi connectivity index (χ0) is 15.6. The van der Waals surface area contributed by atoms with Crippen LogP contribution in [0.5, 0.6) is 0 Å². The number of carbonyl (C=O) groups is 1. The molecule has 1 N–H and O–H groups in total. The maximum absolute atomic E-state index is 11.8. The van der Waals surface area contributed by atoms with Gasteiger partial charge in [0.25, 0.3) is 0 Å². The lowest BCUT2D eigenvalue weighted by Gasteiger charge is -2.33. The monoisotopic (exact) mass is 344 g/mol. The van der Waals surface area contributed by atoms with Crippen molar-refractivity contribution in [3.8, 4) is 0 Å². The van der Waals surface area contributed by atoms with E-state index in [-0.39, 0.29) is 5.91 Å². The highest BCUT2D eigenvalue weighted by molar-refractivity contribution is 8.77. The summed E-state index contributed by atoms with van der Waals surface area (Å²) in [5.41, 5.74) is 0. The third-order valence-corrected chi connectivity index (χ3v) is 7.80. The van der Waals surface area contributed by atoms with Crippen LogP contribution in [0.15, 0.2) is 0 Å². The average molecular weight is 345 g/mol. The molecule has 2 saturated heterocycles. The van der Waals surface area contributed by atoms with Crippen molar-refractivity contribution in [2.45, 2.75) is 76.0 Å². The summed E-state index contributed by atoms with van der Waals surface area (Å²) in [6.07, 6.45) is 10.8. The number of carbonyl (C=O) groups excluding carboxylic acids is 1. The predicted molar refractivity (Wildman–Crippen MR) is 99.4 cm³/mol. The molecule has 0 aliphatic carbocycles. The Bertz CT molecular complexity index is 322. The van der Waals surface area contributed by atoms with Gasteiger partial charge in [-0.2, -0.15) is 0 Å². The lowest BCUT2D eigenvalue weighted by molar-refractivity contribution is -0.121. The van der Waals surface area contributed by atoms with Crippen LogP contribution < -0.4 is 5.32 Å². The van der Waals surface area contributed by atoms with Crippen LogP contribution in [-0.4, -0.2) is 47.5 Å². The number of likely N-dealkylation sites (tertiary alicyclic amines) is 1. The van der Waals surface area contributed by atoms with Gasteiger partial charge >= 0.3 is 0 Å². The summed E-state index contributed by atoms with van der Waals surface area (Å²) >= 11 is 0. The molecule has 2 fully saturated rings. The summed E-state index contributed by atoms with van der Waals surface area (Å²) in [5.74, 6) is 1.56. The Labute approximate surface area is 144 Å². The summed E-state index contributed by atoms with van der Waals surface area (Å²) in [6, 6.07) is 0.732. The topological polar surface area (TPSA) is 32.3 Å². The molecule has 0 saturated carbocycles. The Kier molecular flexibility index (Phi) is 9.08. The molecule has 22 heavy (non-hydrogen) atoms. The minimum Gasteiger partial charge on any atom is -0.356 e. The number of hydrogen-bond donors (Lipinski definition) is 1. The zero-order valence-electron chi connectivity index (χ0n) is 14.0. The van der Waals surface area contributed by atoms with E-state index in [4.69, 9.17) is 0 Å². The van der Waals surface area contributed by atoms with Crippen molar-refractivity contribution in [1.29, 1.82) is 0 Å². The average Bonchev–Trinajstić information content (AvgIpc) is 3.03. The van der Waals surface area contributed by atoms with Gasteiger partial charge in [-0.25, -0.2) is 0 Å². The number of unbranched alkanes of at least 4 members (excludes halogenated alkanes) is 1. The molecule has 2 heterocycles. The summed E-state index contributed by atoms with van der Waals surface area (Å²) < 4.78 is 0. The number of amides is 1. The molecule has 2 rings (SSSR count). The van der Waals surface area contributed by atoms with Crippen molar-refractivity contribution in [1.82, 2.24) is 10.2 Å². The molecule has 0 aromatic heterocycles. The van der Waals surface area contributed by atoms with Crippen molar-refractivity contribution in [3.05, 3.63) is 0 Å². The van der Waals surface area contributed by atoms with Crippen molar-refractivity contribution in [2.75, 3.05) is 25.4 Å². The highest BCUT2D eigenvalue weighted by atomic mass is 33.1. The highest BCUT2D eigenvalue weighted by Crippen LogP contribution is 2.39. The Hall–Kier alpha value is 0.130. The lowest BCUT2D eigenvalue weighted by Crippen LogP contribution is -2.39.